The van der Waals surface area contributed by atoms with E-state index in [0.29, 0.717) is 18.3 Å². The molecule has 3 N–H and O–H groups in total. The molecule has 0 heterocycles. The topological polar surface area (TPSA) is 59.6 Å². The number of aliphatic imine (C=N–C) groups is 1. The second-order valence-electron chi connectivity index (χ2n) is 5.32. The van der Waals surface area contributed by atoms with E-state index in [-0.39, 0.29) is 11.9 Å². The summed E-state index contributed by atoms with van der Waals surface area (Å²) in [5.41, 5.74) is 7.95. The van der Waals surface area contributed by atoms with Crippen LogP contribution in [-0.4, -0.2) is 18.6 Å². The molecular weight excluding hydrogens is 293 g/mol. The van der Waals surface area contributed by atoms with Crippen LogP contribution in [-0.2, 0) is 0 Å². The van der Waals surface area contributed by atoms with Crippen molar-refractivity contribution in [1.82, 2.24) is 0 Å². The van der Waals surface area contributed by atoms with Gasteiger partial charge in [-0.2, -0.15) is 0 Å². The minimum atomic E-state index is -0.318. The van der Waals surface area contributed by atoms with Crippen molar-refractivity contribution in [3.05, 3.63) is 59.9 Å². The molecule has 23 heavy (non-hydrogen) atoms. The summed E-state index contributed by atoms with van der Waals surface area (Å²) in [5, 5.41) is 3.03. The lowest BCUT2D eigenvalue weighted by atomic mass is 10.2. The summed E-state index contributed by atoms with van der Waals surface area (Å²) in [5.74, 6) is 0.508. The van der Waals surface area contributed by atoms with Crippen molar-refractivity contribution >= 4 is 11.6 Å². The smallest absolute Gasteiger partial charge is 0.193 e. The van der Waals surface area contributed by atoms with Gasteiger partial charge in [0.1, 0.15) is 17.7 Å². The Morgan fingerprint density at radius 1 is 1.26 bits per heavy atom. The van der Waals surface area contributed by atoms with E-state index in [9.17, 15) is 4.39 Å². The molecule has 0 saturated carbocycles. The largest absolute Gasteiger partial charge is 0.488 e. The van der Waals surface area contributed by atoms with Crippen molar-refractivity contribution in [2.24, 2.45) is 10.7 Å². The van der Waals surface area contributed by atoms with Gasteiger partial charge in [-0.25, -0.2) is 9.38 Å². The monoisotopic (exact) mass is 315 g/mol. The Labute approximate surface area is 136 Å². The molecule has 2 rings (SSSR count). The van der Waals surface area contributed by atoms with E-state index in [1.807, 2.05) is 38.1 Å². The number of hydrogen-bond acceptors (Lipinski definition) is 2. The Hall–Kier alpha value is -2.56. The van der Waals surface area contributed by atoms with E-state index in [0.717, 1.165) is 12.1 Å². The van der Waals surface area contributed by atoms with Crippen LogP contribution >= 0.6 is 0 Å². The van der Waals surface area contributed by atoms with Crippen LogP contribution in [0.4, 0.5) is 10.1 Å². The molecule has 1 unspecified atom stereocenters. The van der Waals surface area contributed by atoms with E-state index < -0.39 is 0 Å². The molecule has 0 amide bonds. The number of ether oxygens (including phenoxy) is 1. The molecule has 5 heteroatoms. The lowest BCUT2D eigenvalue weighted by Gasteiger charge is -2.16. The number of nitrogens with two attached hydrogens (primary N) is 1. The predicted molar refractivity (Wildman–Crippen MR) is 92.4 cm³/mol. The molecule has 0 aliphatic carbocycles. The van der Waals surface area contributed by atoms with Crippen LogP contribution in [0.1, 0.15) is 18.9 Å². The number of halogens is 1. The van der Waals surface area contributed by atoms with Crippen LogP contribution in [0.3, 0.4) is 0 Å². The first-order chi connectivity index (χ1) is 11.1. The van der Waals surface area contributed by atoms with Gasteiger partial charge in [0.2, 0.25) is 0 Å². The second kappa shape index (κ2) is 8.17. The van der Waals surface area contributed by atoms with Gasteiger partial charge in [-0.05, 0) is 37.6 Å². The van der Waals surface area contributed by atoms with E-state index in [1.54, 1.807) is 12.1 Å². The maximum Gasteiger partial charge on any atom is 0.193 e. The highest BCUT2D eigenvalue weighted by molar-refractivity contribution is 5.92. The minimum Gasteiger partial charge on any atom is -0.488 e. The van der Waals surface area contributed by atoms with E-state index >= 15 is 0 Å². The molecule has 4 nitrogen and oxygen atoms in total. The molecular formula is C18H22FN3O. The number of benzene rings is 2. The lowest BCUT2D eigenvalue weighted by molar-refractivity contribution is 0.205. The summed E-state index contributed by atoms with van der Waals surface area (Å²) < 4.78 is 18.9. The molecule has 2 aromatic carbocycles. The van der Waals surface area contributed by atoms with Crippen molar-refractivity contribution in [2.75, 3.05) is 11.9 Å². The number of guanidine groups is 1. The summed E-state index contributed by atoms with van der Waals surface area (Å²) in [6, 6.07) is 14.0. The molecule has 0 saturated heterocycles. The van der Waals surface area contributed by atoms with Gasteiger partial charge in [-0.3, -0.25) is 0 Å². The average molecular weight is 315 g/mol. The van der Waals surface area contributed by atoms with Gasteiger partial charge in [0, 0.05) is 11.8 Å². The molecule has 0 radical (unpaired) electrons. The lowest BCUT2D eigenvalue weighted by Crippen LogP contribution is -2.26. The van der Waals surface area contributed by atoms with Gasteiger partial charge in [0.25, 0.3) is 0 Å². The number of anilines is 1. The quantitative estimate of drug-likeness (QED) is 0.631. The third-order valence-corrected chi connectivity index (χ3v) is 3.34. The number of nitrogens with one attached hydrogen (secondary N) is 1. The van der Waals surface area contributed by atoms with Crippen LogP contribution in [0.15, 0.2) is 53.5 Å². The zero-order chi connectivity index (χ0) is 16.7. The molecule has 0 aromatic heterocycles. The zero-order valence-electron chi connectivity index (χ0n) is 13.4. The first-order valence-corrected chi connectivity index (χ1v) is 7.62. The summed E-state index contributed by atoms with van der Waals surface area (Å²) >= 11 is 0. The first kappa shape index (κ1) is 16.8. The van der Waals surface area contributed by atoms with Crippen molar-refractivity contribution in [3.8, 4) is 5.75 Å². The van der Waals surface area contributed by atoms with Crippen LogP contribution in [0, 0.1) is 12.7 Å². The Bertz CT molecular complexity index is 656. The number of nitrogens with zero attached hydrogens (tertiary/aromatic N) is 1. The highest BCUT2D eigenvalue weighted by Crippen LogP contribution is 2.15. The normalized spacial score (nSPS) is 12.7. The fourth-order valence-electron chi connectivity index (χ4n) is 2.01. The highest BCUT2D eigenvalue weighted by atomic mass is 19.1. The molecule has 0 aliphatic heterocycles. The van der Waals surface area contributed by atoms with Crippen LogP contribution in [0.5, 0.6) is 5.75 Å². The van der Waals surface area contributed by atoms with Crippen LogP contribution in [0.25, 0.3) is 0 Å². The Morgan fingerprint density at radius 2 is 2.00 bits per heavy atom. The zero-order valence-corrected chi connectivity index (χ0v) is 13.4. The Kier molecular flexibility index (Phi) is 5.97. The van der Waals surface area contributed by atoms with E-state index in [1.165, 1.54) is 17.7 Å². The highest BCUT2D eigenvalue weighted by Gasteiger charge is 2.08. The molecule has 0 spiro atoms. The Balaban J connectivity index is 1.91. The summed E-state index contributed by atoms with van der Waals surface area (Å²) in [6.45, 7) is 4.41. The Morgan fingerprint density at radius 3 is 2.65 bits per heavy atom. The fourth-order valence-corrected chi connectivity index (χ4v) is 2.01. The number of aryl methyl sites for hydroxylation is 1. The first-order valence-electron chi connectivity index (χ1n) is 7.62. The van der Waals surface area contributed by atoms with Crippen molar-refractivity contribution in [2.45, 2.75) is 26.4 Å². The van der Waals surface area contributed by atoms with Gasteiger partial charge in [0.05, 0.1) is 6.54 Å². The van der Waals surface area contributed by atoms with Crippen LogP contribution < -0.4 is 15.8 Å². The predicted octanol–water partition coefficient (Wildman–Crippen LogP) is 3.72. The third kappa shape index (κ3) is 5.62. The third-order valence-electron chi connectivity index (χ3n) is 3.34. The summed E-state index contributed by atoms with van der Waals surface area (Å²) in [4.78, 5) is 4.30. The number of hydrogen-bond donors (Lipinski definition) is 2. The molecule has 0 fully saturated rings. The van der Waals surface area contributed by atoms with Gasteiger partial charge >= 0.3 is 0 Å². The van der Waals surface area contributed by atoms with Crippen LogP contribution in [0.2, 0.25) is 0 Å². The second-order valence-corrected chi connectivity index (χ2v) is 5.32. The average Bonchev–Trinajstić information content (AvgIpc) is 2.53. The van der Waals surface area contributed by atoms with Crippen molar-refractivity contribution in [3.63, 3.8) is 0 Å². The van der Waals surface area contributed by atoms with Crippen molar-refractivity contribution < 1.29 is 9.13 Å². The van der Waals surface area contributed by atoms with Gasteiger partial charge < -0.3 is 15.8 Å². The maximum absolute atomic E-state index is 13.2. The summed E-state index contributed by atoms with van der Waals surface area (Å²) in [7, 11) is 0. The van der Waals surface area contributed by atoms with Crippen molar-refractivity contribution in [1.29, 1.82) is 0 Å². The van der Waals surface area contributed by atoms with Gasteiger partial charge in [0.15, 0.2) is 5.96 Å². The minimum absolute atomic E-state index is 0.157. The molecule has 0 bridgehead atoms. The SMILES string of the molecule is CCC(CN=C(N)Nc1ccc(C)cc1)Oc1cccc(F)c1. The fraction of sp³-hybridized carbons (Fsp3) is 0.278. The molecule has 0 aliphatic rings. The van der Waals surface area contributed by atoms with E-state index in [2.05, 4.69) is 10.3 Å². The molecule has 2 aromatic rings. The number of rotatable bonds is 6. The standard InChI is InChI=1S/C18H22FN3O/c1-3-16(23-17-6-4-5-14(19)11-17)12-21-18(20)22-15-9-7-13(2)8-10-15/h4-11,16H,3,12H2,1-2H3,(H3,20,21,22). The maximum atomic E-state index is 13.2. The van der Waals surface area contributed by atoms with Gasteiger partial charge in [-0.1, -0.05) is 30.7 Å². The van der Waals surface area contributed by atoms with E-state index in [4.69, 9.17) is 10.5 Å². The molecule has 1 atom stereocenters. The summed E-state index contributed by atoms with van der Waals surface area (Å²) in [6.07, 6.45) is 0.591. The van der Waals surface area contributed by atoms with Gasteiger partial charge in [-0.15, -0.1) is 0 Å². The molecule has 122 valence electrons.